The maximum atomic E-state index is 13.1. The molecule has 3 aromatic rings. The summed E-state index contributed by atoms with van der Waals surface area (Å²) in [6, 6.07) is 18.8. The highest BCUT2D eigenvalue weighted by Crippen LogP contribution is 2.23. The second-order valence-electron chi connectivity index (χ2n) is 7.99. The highest BCUT2D eigenvalue weighted by atomic mass is 16.2. The van der Waals surface area contributed by atoms with Gasteiger partial charge in [-0.05, 0) is 43.0 Å². The van der Waals surface area contributed by atoms with Gasteiger partial charge in [-0.2, -0.15) is 0 Å². The van der Waals surface area contributed by atoms with Crippen molar-refractivity contribution in [3.8, 4) is 0 Å². The van der Waals surface area contributed by atoms with Crippen LogP contribution in [0.4, 0.5) is 0 Å². The average molecular weight is 388 g/mol. The van der Waals surface area contributed by atoms with E-state index in [1.165, 1.54) is 11.1 Å². The fraction of sp³-hybridized carbons (Fsp3) is 0.360. The Morgan fingerprint density at radius 1 is 0.931 bits per heavy atom. The number of amides is 1. The van der Waals surface area contributed by atoms with Gasteiger partial charge in [-0.25, -0.2) is 0 Å². The molecule has 4 nitrogen and oxygen atoms in total. The highest BCUT2D eigenvalue weighted by Gasteiger charge is 2.21. The van der Waals surface area contributed by atoms with Crippen LogP contribution in [0.25, 0.3) is 10.9 Å². The molecule has 4 heteroatoms. The number of aryl methyl sites for hydroxylation is 2. The summed E-state index contributed by atoms with van der Waals surface area (Å²) in [6.45, 7) is 8.68. The third kappa shape index (κ3) is 4.48. The highest BCUT2D eigenvalue weighted by molar-refractivity contribution is 5.86. The number of rotatable bonds is 4. The molecule has 0 unspecified atom stereocenters. The normalized spacial score (nSPS) is 15.4. The Morgan fingerprint density at radius 2 is 1.69 bits per heavy atom. The molecule has 2 aromatic carbocycles. The Kier molecular flexibility index (Phi) is 5.91. The fourth-order valence-electron chi connectivity index (χ4n) is 4.31. The van der Waals surface area contributed by atoms with Gasteiger partial charge in [0.15, 0.2) is 0 Å². The number of hydrogen-bond donors (Lipinski definition) is 0. The molecule has 1 saturated heterocycles. The van der Waals surface area contributed by atoms with E-state index in [1.807, 2.05) is 30.0 Å². The SMILES string of the molecule is Cc1nc2ccccc2c(C)c1CC(=O)N1CCCN(Cc2ccccc2)CC1. The van der Waals surface area contributed by atoms with Crippen molar-refractivity contribution in [2.45, 2.75) is 33.2 Å². The van der Waals surface area contributed by atoms with Crippen LogP contribution in [-0.4, -0.2) is 46.9 Å². The summed E-state index contributed by atoms with van der Waals surface area (Å²) in [5.41, 5.74) is 5.57. The minimum absolute atomic E-state index is 0.217. The van der Waals surface area contributed by atoms with Crippen molar-refractivity contribution in [2.24, 2.45) is 0 Å². The number of carbonyl (C=O) groups excluding carboxylic acids is 1. The molecular weight excluding hydrogens is 358 g/mol. The molecule has 0 bridgehead atoms. The predicted octanol–water partition coefficient (Wildman–Crippen LogP) is 4.13. The summed E-state index contributed by atoms with van der Waals surface area (Å²) in [5.74, 6) is 0.217. The Hall–Kier alpha value is -2.72. The molecule has 1 aliphatic rings. The fourth-order valence-corrected chi connectivity index (χ4v) is 4.31. The first kappa shape index (κ1) is 19.6. The molecule has 2 heterocycles. The van der Waals surface area contributed by atoms with E-state index in [1.54, 1.807) is 0 Å². The molecule has 1 aliphatic heterocycles. The van der Waals surface area contributed by atoms with Crippen molar-refractivity contribution in [1.82, 2.24) is 14.8 Å². The van der Waals surface area contributed by atoms with Gasteiger partial charge in [-0.3, -0.25) is 14.7 Å². The summed E-state index contributed by atoms with van der Waals surface area (Å²) in [4.78, 5) is 22.3. The van der Waals surface area contributed by atoms with E-state index >= 15 is 0 Å². The molecule has 0 radical (unpaired) electrons. The van der Waals surface area contributed by atoms with Crippen LogP contribution in [0, 0.1) is 13.8 Å². The molecule has 1 aromatic heterocycles. The molecule has 0 aliphatic carbocycles. The zero-order valence-electron chi connectivity index (χ0n) is 17.4. The van der Waals surface area contributed by atoms with Crippen molar-refractivity contribution >= 4 is 16.8 Å². The topological polar surface area (TPSA) is 36.4 Å². The van der Waals surface area contributed by atoms with Gasteiger partial charge in [-0.15, -0.1) is 0 Å². The van der Waals surface area contributed by atoms with Crippen LogP contribution in [0.1, 0.15) is 28.8 Å². The number of para-hydroxylation sites is 1. The van der Waals surface area contributed by atoms with Gasteiger partial charge < -0.3 is 4.90 Å². The van der Waals surface area contributed by atoms with Crippen LogP contribution in [-0.2, 0) is 17.8 Å². The number of nitrogens with zero attached hydrogens (tertiary/aromatic N) is 3. The van der Waals surface area contributed by atoms with Gasteiger partial charge >= 0.3 is 0 Å². The van der Waals surface area contributed by atoms with Crippen LogP contribution >= 0.6 is 0 Å². The van der Waals surface area contributed by atoms with Crippen molar-refractivity contribution in [2.75, 3.05) is 26.2 Å². The molecular formula is C25H29N3O. The lowest BCUT2D eigenvalue weighted by Crippen LogP contribution is -2.36. The summed E-state index contributed by atoms with van der Waals surface area (Å²) in [6.07, 6.45) is 1.46. The lowest BCUT2D eigenvalue weighted by atomic mass is 9.99. The van der Waals surface area contributed by atoms with Gasteiger partial charge in [0, 0.05) is 43.8 Å². The molecule has 1 amide bonds. The van der Waals surface area contributed by atoms with Gasteiger partial charge in [0.05, 0.1) is 11.9 Å². The van der Waals surface area contributed by atoms with Crippen molar-refractivity contribution in [3.05, 3.63) is 77.0 Å². The molecule has 150 valence electrons. The number of benzene rings is 2. The zero-order valence-corrected chi connectivity index (χ0v) is 17.4. The Balaban J connectivity index is 1.43. The first-order chi connectivity index (χ1) is 14.1. The summed E-state index contributed by atoms with van der Waals surface area (Å²) in [7, 11) is 0. The monoisotopic (exact) mass is 387 g/mol. The summed E-state index contributed by atoms with van der Waals surface area (Å²) >= 11 is 0. The van der Waals surface area contributed by atoms with Crippen molar-refractivity contribution < 1.29 is 4.79 Å². The minimum atomic E-state index is 0.217. The lowest BCUT2D eigenvalue weighted by Gasteiger charge is -2.23. The van der Waals surface area contributed by atoms with Crippen LogP contribution < -0.4 is 0 Å². The number of hydrogen-bond acceptors (Lipinski definition) is 3. The third-order valence-electron chi connectivity index (χ3n) is 6.00. The molecule has 4 rings (SSSR count). The van der Waals surface area contributed by atoms with Gasteiger partial charge in [0.2, 0.25) is 5.91 Å². The molecule has 0 spiro atoms. The quantitative estimate of drug-likeness (QED) is 0.675. The number of pyridine rings is 1. The summed E-state index contributed by atoms with van der Waals surface area (Å²) in [5, 5.41) is 1.14. The largest absolute Gasteiger partial charge is 0.341 e. The number of aromatic nitrogens is 1. The van der Waals surface area contributed by atoms with Crippen LogP contribution in [0.5, 0.6) is 0 Å². The maximum absolute atomic E-state index is 13.1. The van der Waals surface area contributed by atoms with E-state index in [2.05, 4.69) is 48.2 Å². The molecule has 1 fully saturated rings. The van der Waals surface area contributed by atoms with E-state index in [0.29, 0.717) is 6.42 Å². The Bertz CT molecular complexity index is 1000. The first-order valence-corrected chi connectivity index (χ1v) is 10.5. The predicted molar refractivity (Wildman–Crippen MR) is 118 cm³/mol. The van der Waals surface area contributed by atoms with E-state index in [9.17, 15) is 4.79 Å². The standard InChI is InChI=1S/C25H29N3O/c1-19-22-11-6-7-12-24(22)26-20(2)23(19)17-25(29)28-14-8-13-27(15-16-28)18-21-9-4-3-5-10-21/h3-7,9-12H,8,13-18H2,1-2H3. The minimum Gasteiger partial charge on any atom is -0.341 e. The second kappa shape index (κ2) is 8.75. The third-order valence-corrected chi connectivity index (χ3v) is 6.00. The second-order valence-corrected chi connectivity index (χ2v) is 7.99. The average Bonchev–Trinajstić information content (AvgIpc) is 2.97. The van der Waals surface area contributed by atoms with Gasteiger partial charge in [0.25, 0.3) is 0 Å². The van der Waals surface area contributed by atoms with E-state index in [0.717, 1.165) is 61.3 Å². The van der Waals surface area contributed by atoms with Gasteiger partial charge in [-0.1, -0.05) is 48.5 Å². The van der Waals surface area contributed by atoms with Crippen molar-refractivity contribution in [3.63, 3.8) is 0 Å². The Labute approximate surface area is 173 Å². The molecule has 0 saturated carbocycles. The van der Waals surface area contributed by atoms with E-state index < -0.39 is 0 Å². The molecule has 29 heavy (non-hydrogen) atoms. The number of fused-ring (bicyclic) bond motifs is 1. The van der Waals surface area contributed by atoms with E-state index in [-0.39, 0.29) is 5.91 Å². The maximum Gasteiger partial charge on any atom is 0.227 e. The molecule has 0 N–H and O–H groups in total. The number of carbonyl (C=O) groups is 1. The van der Waals surface area contributed by atoms with Crippen LogP contribution in [0.15, 0.2) is 54.6 Å². The van der Waals surface area contributed by atoms with Gasteiger partial charge in [0.1, 0.15) is 0 Å². The lowest BCUT2D eigenvalue weighted by molar-refractivity contribution is -0.130. The zero-order chi connectivity index (χ0) is 20.2. The summed E-state index contributed by atoms with van der Waals surface area (Å²) < 4.78 is 0. The van der Waals surface area contributed by atoms with Crippen LogP contribution in [0.2, 0.25) is 0 Å². The molecule has 0 atom stereocenters. The van der Waals surface area contributed by atoms with Crippen molar-refractivity contribution in [1.29, 1.82) is 0 Å². The van der Waals surface area contributed by atoms with Crippen LogP contribution in [0.3, 0.4) is 0 Å². The smallest absolute Gasteiger partial charge is 0.227 e. The Morgan fingerprint density at radius 3 is 2.52 bits per heavy atom. The van der Waals surface area contributed by atoms with E-state index in [4.69, 9.17) is 4.98 Å². The first-order valence-electron chi connectivity index (χ1n) is 10.5.